The van der Waals surface area contributed by atoms with Gasteiger partial charge in [-0.25, -0.2) is 4.79 Å². The van der Waals surface area contributed by atoms with Crippen LogP contribution < -0.4 is 19.5 Å². The normalized spacial score (nSPS) is 10.7. The summed E-state index contributed by atoms with van der Waals surface area (Å²) < 4.78 is 20.7. The van der Waals surface area contributed by atoms with Crippen molar-refractivity contribution in [2.75, 3.05) is 34.5 Å². The maximum absolute atomic E-state index is 11.8. The van der Waals surface area contributed by atoms with Crippen LogP contribution in [-0.4, -0.2) is 46.4 Å². The van der Waals surface area contributed by atoms with Gasteiger partial charge in [-0.2, -0.15) is 0 Å². The fourth-order valence-corrected chi connectivity index (χ4v) is 2.10. The minimum absolute atomic E-state index is 0.309. The van der Waals surface area contributed by atoms with Crippen molar-refractivity contribution in [1.82, 2.24) is 5.32 Å². The summed E-state index contributed by atoms with van der Waals surface area (Å²) in [5.74, 6) is 0.985. The Morgan fingerprint density at radius 3 is 2.19 bits per heavy atom. The predicted octanol–water partition coefficient (Wildman–Crippen LogP) is 2.43. The highest BCUT2D eigenvalue weighted by molar-refractivity contribution is 5.89. The van der Waals surface area contributed by atoms with Gasteiger partial charge in [0.2, 0.25) is 5.75 Å². The lowest BCUT2D eigenvalue weighted by Crippen LogP contribution is -2.29. The summed E-state index contributed by atoms with van der Waals surface area (Å²) in [6.07, 6.45) is 3.66. The summed E-state index contributed by atoms with van der Waals surface area (Å²) in [7, 11) is 4.54. The van der Waals surface area contributed by atoms with Crippen molar-refractivity contribution in [3.05, 3.63) is 23.8 Å². The van der Waals surface area contributed by atoms with Gasteiger partial charge in [0.1, 0.15) is 0 Å². The highest BCUT2D eigenvalue weighted by Gasteiger charge is 2.12. The van der Waals surface area contributed by atoms with Crippen molar-refractivity contribution >= 4 is 18.0 Å². The number of hydrogen-bond donors (Lipinski definition) is 1. The predicted molar refractivity (Wildman–Crippen MR) is 98.6 cm³/mol. The Morgan fingerprint density at radius 1 is 1.08 bits per heavy atom. The van der Waals surface area contributed by atoms with Crippen molar-refractivity contribution in [1.29, 1.82) is 0 Å². The van der Waals surface area contributed by atoms with Gasteiger partial charge < -0.3 is 24.3 Å². The monoisotopic (exact) mass is 365 g/mol. The summed E-state index contributed by atoms with van der Waals surface area (Å²) in [6.45, 7) is 4.39. The van der Waals surface area contributed by atoms with E-state index in [1.807, 2.05) is 0 Å². The molecular formula is C19H27NO6. The number of hydrogen-bond acceptors (Lipinski definition) is 6. The van der Waals surface area contributed by atoms with E-state index < -0.39 is 5.97 Å². The van der Waals surface area contributed by atoms with Crippen LogP contribution >= 0.6 is 0 Å². The maximum atomic E-state index is 11.8. The van der Waals surface area contributed by atoms with Crippen LogP contribution in [0.2, 0.25) is 0 Å². The van der Waals surface area contributed by atoms with Gasteiger partial charge in [-0.15, -0.1) is 0 Å². The van der Waals surface area contributed by atoms with Gasteiger partial charge in [0.05, 0.1) is 21.3 Å². The highest BCUT2D eigenvalue weighted by atomic mass is 16.5. The topological polar surface area (TPSA) is 83.1 Å². The van der Waals surface area contributed by atoms with Crippen LogP contribution in [0.4, 0.5) is 0 Å². The first kappa shape index (κ1) is 21.3. The molecule has 1 amide bonds. The molecule has 26 heavy (non-hydrogen) atoms. The molecule has 0 radical (unpaired) electrons. The fourth-order valence-electron chi connectivity index (χ4n) is 2.10. The summed E-state index contributed by atoms with van der Waals surface area (Å²) in [5, 5.41) is 2.70. The summed E-state index contributed by atoms with van der Waals surface area (Å²) >= 11 is 0. The molecule has 0 aliphatic rings. The van der Waals surface area contributed by atoms with E-state index in [9.17, 15) is 9.59 Å². The van der Waals surface area contributed by atoms with Crippen molar-refractivity contribution in [3.63, 3.8) is 0 Å². The molecule has 7 nitrogen and oxygen atoms in total. The van der Waals surface area contributed by atoms with E-state index in [4.69, 9.17) is 18.9 Å². The highest BCUT2D eigenvalue weighted by Crippen LogP contribution is 2.38. The average molecular weight is 365 g/mol. The molecule has 0 saturated carbocycles. The minimum Gasteiger partial charge on any atom is -0.493 e. The molecule has 0 bridgehead atoms. The van der Waals surface area contributed by atoms with Crippen LogP contribution in [0.15, 0.2) is 18.2 Å². The van der Waals surface area contributed by atoms with Crippen LogP contribution in [0.5, 0.6) is 17.2 Å². The van der Waals surface area contributed by atoms with Gasteiger partial charge in [-0.1, -0.05) is 13.8 Å². The molecule has 7 heteroatoms. The molecule has 0 atom stereocenters. The Hall–Kier alpha value is -2.70. The zero-order chi connectivity index (χ0) is 19.5. The number of benzene rings is 1. The first-order chi connectivity index (χ1) is 12.4. The molecule has 0 unspecified atom stereocenters. The molecule has 1 aromatic rings. The molecule has 0 aliphatic carbocycles. The standard InChI is InChI=1S/C19H27NO6/c1-13(2)8-9-20-17(21)12-26-18(22)7-6-14-10-15(23-3)19(25-5)16(11-14)24-4/h6-7,10-11,13H,8-9,12H2,1-5H3,(H,20,21)/b7-6+. The van der Waals surface area contributed by atoms with Crippen LogP contribution in [-0.2, 0) is 14.3 Å². The molecule has 0 fully saturated rings. The number of carbonyl (C=O) groups excluding carboxylic acids is 2. The zero-order valence-corrected chi connectivity index (χ0v) is 16.0. The first-order valence-corrected chi connectivity index (χ1v) is 8.32. The van der Waals surface area contributed by atoms with E-state index in [1.54, 1.807) is 18.2 Å². The minimum atomic E-state index is -0.613. The molecule has 0 saturated heterocycles. The Balaban J connectivity index is 2.61. The van der Waals surface area contributed by atoms with E-state index >= 15 is 0 Å². The van der Waals surface area contributed by atoms with E-state index in [0.717, 1.165) is 6.42 Å². The van der Waals surface area contributed by atoms with Gasteiger partial charge in [0.25, 0.3) is 5.91 Å². The fraction of sp³-hybridized carbons (Fsp3) is 0.474. The average Bonchev–Trinajstić information content (AvgIpc) is 2.63. The van der Waals surface area contributed by atoms with Gasteiger partial charge >= 0.3 is 5.97 Å². The summed E-state index contributed by atoms with van der Waals surface area (Å²) in [4.78, 5) is 23.3. The third-order valence-electron chi connectivity index (χ3n) is 3.49. The van der Waals surface area contributed by atoms with Crippen LogP contribution in [0, 0.1) is 5.92 Å². The molecule has 0 heterocycles. The van der Waals surface area contributed by atoms with Crippen LogP contribution in [0.3, 0.4) is 0 Å². The maximum Gasteiger partial charge on any atom is 0.331 e. The van der Waals surface area contributed by atoms with Crippen molar-refractivity contribution < 1.29 is 28.5 Å². The molecule has 0 aromatic heterocycles. The second kappa shape index (κ2) is 11.0. The number of esters is 1. The number of nitrogens with one attached hydrogen (secondary N) is 1. The number of ether oxygens (including phenoxy) is 4. The number of amides is 1. The lowest BCUT2D eigenvalue weighted by atomic mass is 10.1. The molecule has 1 rings (SSSR count). The molecule has 0 spiro atoms. The second-order valence-corrected chi connectivity index (χ2v) is 5.93. The van der Waals surface area contributed by atoms with Crippen LogP contribution in [0.1, 0.15) is 25.8 Å². The molecule has 144 valence electrons. The van der Waals surface area contributed by atoms with E-state index in [0.29, 0.717) is 35.3 Å². The number of rotatable bonds is 10. The van der Waals surface area contributed by atoms with Gasteiger partial charge in [-0.3, -0.25) is 4.79 Å². The van der Waals surface area contributed by atoms with Crippen molar-refractivity contribution in [2.24, 2.45) is 5.92 Å². The summed E-state index contributed by atoms with van der Waals surface area (Å²) in [5.41, 5.74) is 0.665. The largest absolute Gasteiger partial charge is 0.493 e. The zero-order valence-electron chi connectivity index (χ0n) is 16.0. The Bertz CT molecular complexity index is 614. The van der Waals surface area contributed by atoms with Gasteiger partial charge in [0.15, 0.2) is 18.1 Å². The molecule has 1 aromatic carbocycles. The van der Waals surface area contributed by atoms with Crippen LogP contribution in [0.25, 0.3) is 6.08 Å². The number of carbonyl (C=O) groups is 2. The quantitative estimate of drug-likeness (QED) is 0.506. The first-order valence-electron chi connectivity index (χ1n) is 8.32. The molecular weight excluding hydrogens is 338 g/mol. The van der Waals surface area contributed by atoms with E-state index in [-0.39, 0.29) is 12.5 Å². The van der Waals surface area contributed by atoms with Gasteiger partial charge in [-0.05, 0) is 36.1 Å². The third kappa shape index (κ3) is 7.04. The lowest BCUT2D eigenvalue weighted by molar-refractivity contribution is -0.143. The smallest absolute Gasteiger partial charge is 0.331 e. The van der Waals surface area contributed by atoms with Crippen molar-refractivity contribution in [3.8, 4) is 17.2 Å². The molecule has 0 aliphatic heterocycles. The van der Waals surface area contributed by atoms with Crippen molar-refractivity contribution in [2.45, 2.75) is 20.3 Å². The Kier molecular flexibility index (Phi) is 9.05. The number of methoxy groups -OCH3 is 3. The Morgan fingerprint density at radius 2 is 1.69 bits per heavy atom. The molecule has 1 N–H and O–H groups in total. The van der Waals surface area contributed by atoms with E-state index in [2.05, 4.69) is 19.2 Å². The second-order valence-electron chi connectivity index (χ2n) is 5.93. The van der Waals surface area contributed by atoms with Gasteiger partial charge in [0, 0.05) is 12.6 Å². The lowest BCUT2D eigenvalue weighted by Gasteiger charge is -2.12. The van der Waals surface area contributed by atoms with E-state index in [1.165, 1.54) is 27.4 Å². The SMILES string of the molecule is COc1cc(/C=C/C(=O)OCC(=O)NCCC(C)C)cc(OC)c1OC. The third-order valence-corrected chi connectivity index (χ3v) is 3.49. The summed E-state index contributed by atoms with van der Waals surface area (Å²) in [6, 6.07) is 3.40. The Labute approximate surface area is 154 Å².